The summed E-state index contributed by atoms with van der Waals surface area (Å²) in [6, 6.07) is 0. The minimum Gasteiger partial charge on any atom is -0.479 e. The second-order valence-corrected chi connectivity index (χ2v) is 23.5. The van der Waals surface area contributed by atoms with Gasteiger partial charge >= 0.3 is 23.9 Å². The largest absolute Gasteiger partial charge is 0.479 e. The zero-order chi connectivity index (χ0) is 58.9. The summed E-state index contributed by atoms with van der Waals surface area (Å²) < 4.78 is 28.6. The number of aliphatic hydroxyl groups excluding tert-OH is 2. The van der Waals surface area contributed by atoms with Gasteiger partial charge in [0, 0.05) is 19.3 Å². The number of carbonyl (C=O) groups is 4. The number of esters is 3. The van der Waals surface area contributed by atoms with Crippen LogP contribution in [0.4, 0.5) is 0 Å². The third-order valence-corrected chi connectivity index (χ3v) is 15.7. The number of carbonyl (C=O) groups excluding carboxylic acids is 3. The van der Waals surface area contributed by atoms with Crippen LogP contribution in [0.2, 0.25) is 0 Å². The Morgan fingerprint density at radius 1 is 0.407 bits per heavy atom. The highest BCUT2D eigenvalue weighted by atomic mass is 16.7. The van der Waals surface area contributed by atoms with Crippen molar-refractivity contribution >= 4 is 23.9 Å². The maximum absolute atomic E-state index is 13.2. The molecule has 0 bridgehead atoms. The predicted octanol–water partition coefficient (Wildman–Crippen LogP) is 18.4. The molecule has 0 aliphatic carbocycles. The van der Waals surface area contributed by atoms with Gasteiger partial charge in [-0.05, 0) is 77.0 Å². The minimum absolute atomic E-state index is 0.0645. The molecule has 1 heterocycles. The highest BCUT2D eigenvalue weighted by Crippen LogP contribution is 2.27. The second kappa shape index (κ2) is 57.4. The Hall–Kier alpha value is -3.06. The van der Waals surface area contributed by atoms with Gasteiger partial charge in [-0.25, -0.2) is 4.79 Å². The van der Waals surface area contributed by atoms with Crippen molar-refractivity contribution < 1.29 is 58.2 Å². The van der Waals surface area contributed by atoms with Crippen molar-refractivity contribution in [2.24, 2.45) is 0 Å². The van der Waals surface area contributed by atoms with Gasteiger partial charge in [-0.2, -0.15) is 0 Å². The Balaban J connectivity index is 2.63. The average Bonchev–Trinajstić information content (AvgIpc) is 3.53. The highest BCUT2D eigenvalue weighted by Gasteiger charge is 2.50. The molecule has 0 aromatic carbocycles. The molecule has 0 saturated carbocycles. The van der Waals surface area contributed by atoms with Gasteiger partial charge in [0.15, 0.2) is 24.6 Å². The Morgan fingerprint density at radius 3 is 1.15 bits per heavy atom. The molecule has 6 unspecified atom stereocenters. The summed E-state index contributed by atoms with van der Waals surface area (Å²) in [5.74, 6) is -3.10. The number of aliphatic carboxylic acids is 1. The van der Waals surface area contributed by atoms with Crippen LogP contribution in [-0.2, 0) is 42.9 Å². The van der Waals surface area contributed by atoms with Crippen LogP contribution in [0.5, 0.6) is 0 Å². The molecule has 0 aromatic rings. The number of hydrogen-bond donors (Lipinski definition) is 3. The van der Waals surface area contributed by atoms with E-state index in [0.29, 0.717) is 19.3 Å². The number of ether oxygens (including phenoxy) is 5. The van der Waals surface area contributed by atoms with Crippen molar-refractivity contribution in [3.63, 3.8) is 0 Å². The SMILES string of the molecule is CCCCC/C=C\C/C=C\CCCCCCCC(=O)OC(COC(=O)CCCCCCCCCCC/C=C\CCCCCCCC)COC1OC(C(=O)O)C(O)C(O)C1OC(=O)CCCCCCCCCCCCCCCCCCC. The summed E-state index contributed by atoms with van der Waals surface area (Å²) in [4.78, 5) is 51.4. The fraction of sp³-hybridized carbons (Fsp3) is 0.855. The first-order valence-electron chi connectivity index (χ1n) is 34.0. The molecule has 472 valence electrons. The maximum atomic E-state index is 13.2. The lowest BCUT2D eigenvalue weighted by atomic mass is 9.98. The monoisotopic (exact) mass is 1140 g/mol. The fourth-order valence-corrected chi connectivity index (χ4v) is 10.5. The van der Waals surface area contributed by atoms with Crippen molar-refractivity contribution in [1.29, 1.82) is 0 Å². The van der Waals surface area contributed by atoms with E-state index >= 15 is 0 Å². The summed E-state index contributed by atoms with van der Waals surface area (Å²) in [6.45, 7) is 6.01. The van der Waals surface area contributed by atoms with Crippen LogP contribution in [0, 0.1) is 0 Å². The van der Waals surface area contributed by atoms with Crippen LogP contribution >= 0.6 is 0 Å². The summed E-state index contributed by atoms with van der Waals surface area (Å²) in [5.41, 5.74) is 0. The summed E-state index contributed by atoms with van der Waals surface area (Å²) in [6.07, 6.45) is 56.7. The van der Waals surface area contributed by atoms with Crippen LogP contribution in [0.25, 0.3) is 0 Å². The van der Waals surface area contributed by atoms with Crippen LogP contribution in [-0.4, -0.2) is 89.2 Å². The van der Waals surface area contributed by atoms with Crippen LogP contribution in [0.1, 0.15) is 329 Å². The number of carboxylic acids is 1. The van der Waals surface area contributed by atoms with Crippen molar-refractivity contribution in [1.82, 2.24) is 0 Å². The van der Waals surface area contributed by atoms with Gasteiger partial charge in [0.05, 0.1) is 6.61 Å². The molecular weight excluding hydrogens is 1020 g/mol. The zero-order valence-corrected chi connectivity index (χ0v) is 52.3. The molecule has 3 N–H and O–H groups in total. The molecule has 1 aliphatic rings. The minimum atomic E-state index is -1.90. The van der Waals surface area contributed by atoms with E-state index in [4.69, 9.17) is 23.7 Å². The molecule has 1 fully saturated rings. The Kier molecular flexibility index (Phi) is 53.8. The van der Waals surface area contributed by atoms with Crippen LogP contribution in [0.3, 0.4) is 0 Å². The standard InChI is InChI=1S/C69H124O12/c1-4-7-10-13-16-19-22-25-28-30-31-33-35-37-40-43-46-49-52-55-61(70)77-58-60(79-62(71)56-53-50-47-44-41-38-34-27-24-21-18-15-12-9-6-3)59-78-69-67(65(74)64(73)66(81-69)68(75)76)80-63(72)57-54-51-48-45-42-39-36-32-29-26-23-20-17-14-11-8-5-2/h18,21,25,27-28,34,60,64-67,69,73-74H,4-17,19-20,22-24,26,29-33,35-59H2,1-3H3,(H,75,76)/b21-18-,28-25-,34-27-. The maximum Gasteiger partial charge on any atom is 0.335 e. The topological polar surface area (TPSA) is 175 Å². The third-order valence-electron chi connectivity index (χ3n) is 15.7. The molecule has 6 atom stereocenters. The first-order valence-corrected chi connectivity index (χ1v) is 34.0. The summed E-state index contributed by atoms with van der Waals surface area (Å²) in [5, 5.41) is 31.6. The molecule has 0 amide bonds. The predicted molar refractivity (Wildman–Crippen MR) is 331 cm³/mol. The van der Waals surface area contributed by atoms with E-state index in [2.05, 4.69) is 57.2 Å². The molecule has 0 radical (unpaired) electrons. The molecule has 1 rings (SSSR count). The zero-order valence-electron chi connectivity index (χ0n) is 52.3. The average molecular weight is 1150 g/mol. The Morgan fingerprint density at radius 2 is 0.741 bits per heavy atom. The molecular formula is C69H124O12. The number of rotatable bonds is 59. The molecule has 0 aromatic heterocycles. The molecule has 81 heavy (non-hydrogen) atoms. The number of allylic oxidation sites excluding steroid dienone is 6. The van der Waals surface area contributed by atoms with Gasteiger partial charge in [0.2, 0.25) is 0 Å². The van der Waals surface area contributed by atoms with E-state index in [1.165, 1.54) is 186 Å². The number of aliphatic hydroxyl groups is 2. The van der Waals surface area contributed by atoms with Crippen LogP contribution < -0.4 is 0 Å². The number of unbranched alkanes of at least 4 members (excludes halogenated alkanes) is 39. The van der Waals surface area contributed by atoms with E-state index in [-0.39, 0.29) is 25.9 Å². The van der Waals surface area contributed by atoms with Crippen molar-refractivity contribution in [2.45, 2.75) is 366 Å². The third kappa shape index (κ3) is 46.9. The first kappa shape index (κ1) is 76.0. The van der Waals surface area contributed by atoms with Crippen LogP contribution in [0.15, 0.2) is 36.5 Å². The number of carboxylic acid groups (broad SMARTS) is 1. The Bertz CT molecular complexity index is 1550. The highest BCUT2D eigenvalue weighted by molar-refractivity contribution is 5.74. The van der Waals surface area contributed by atoms with Gasteiger partial charge < -0.3 is 39.0 Å². The van der Waals surface area contributed by atoms with Gasteiger partial charge in [-0.15, -0.1) is 0 Å². The van der Waals surface area contributed by atoms with Gasteiger partial charge in [-0.1, -0.05) is 269 Å². The van der Waals surface area contributed by atoms with Gasteiger partial charge in [0.25, 0.3) is 0 Å². The van der Waals surface area contributed by atoms with E-state index in [1.807, 2.05) is 0 Å². The van der Waals surface area contributed by atoms with E-state index in [0.717, 1.165) is 83.5 Å². The summed E-state index contributed by atoms with van der Waals surface area (Å²) >= 11 is 0. The van der Waals surface area contributed by atoms with E-state index in [9.17, 15) is 34.5 Å². The Labute approximate surface area is 495 Å². The first-order chi connectivity index (χ1) is 39.6. The van der Waals surface area contributed by atoms with Crippen molar-refractivity contribution in [2.75, 3.05) is 13.2 Å². The van der Waals surface area contributed by atoms with E-state index < -0.39 is 67.3 Å². The molecule has 12 heteroatoms. The molecule has 1 aliphatic heterocycles. The lowest BCUT2D eigenvalue weighted by Crippen LogP contribution is -2.61. The summed E-state index contributed by atoms with van der Waals surface area (Å²) in [7, 11) is 0. The van der Waals surface area contributed by atoms with Gasteiger partial charge in [-0.3, -0.25) is 14.4 Å². The smallest absolute Gasteiger partial charge is 0.335 e. The van der Waals surface area contributed by atoms with Crippen molar-refractivity contribution in [3.05, 3.63) is 36.5 Å². The molecule has 1 saturated heterocycles. The molecule has 12 nitrogen and oxygen atoms in total. The normalized spacial score (nSPS) is 17.9. The lowest BCUT2D eigenvalue weighted by molar-refractivity contribution is -0.301. The van der Waals surface area contributed by atoms with Crippen molar-refractivity contribution in [3.8, 4) is 0 Å². The number of hydrogen-bond acceptors (Lipinski definition) is 11. The lowest BCUT2D eigenvalue weighted by Gasteiger charge is -2.40. The molecule has 0 spiro atoms. The second-order valence-electron chi connectivity index (χ2n) is 23.5. The van der Waals surface area contributed by atoms with E-state index in [1.54, 1.807) is 0 Å². The van der Waals surface area contributed by atoms with Gasteiger partial charge in [0.1, 0.15) is 18.8 Å². The quantitative estimate of drug-likeness (QED) is 0.0228. The fourth-order valence-electron chi connectivity index (χ4n) is 10.5.